The molecule has 1 unspecified atom stereocenters. The van der Waals surface area contributed by atoms with Gasteiger partial charge in [-0.3, -0.25) is 9.79 Å². The normalized spacial score (nSPS) is 23.8. The van der Waals surface area contributed by atoms with Gasteiger partial charge < -0.3 is 29.5 Å². The van der Waals surface area contributed by atoms with Crippen LogP contribution in [0.5, 0.6) is 0 Å². The lowest BCUT2D eigenvalue weighted by Gasteiger charge is -2.38. The molecule has 3 aliphatic rings. The third-order valence-corrected chi connectivity index (χ3v) is 6.12. The zero-order valence-corrected chi connectivity index (χ0v) is 19.6. The van der Waals surface area contributed by atoms with Crippen LogP contribution in [-0.4, -0.2) is 104 Å². The van der Waals surface area contributed by atoms with E-state index in [1.54, 1.807) is 11.9 Å². The Bertz CT molecular complexity index is 641. The number of piperidine rings is 1. The lowest BCUT2D eigenvalue weighted by Crippen LogP contribution is -2.55. The highest BCUT2D eigenvalue weighted by atomic mass is 16.6. The van der Waals surface area contributed by atoms with Gasteiger partial charge in [0, 0.05) is 59.5 Å². The Kier molecular flexibility index (Phi) is 8.02. The van der Waals surface area contributed by atoms with Gasteiger partial charge in [-0.1, -0.05) is 0 Å². The van der Waals surface area contributed by atoms with Crippen molar-refractivity contribution in [2.45, 2.75) is 58.2 Å². The number of piperazine rings is 1. The van der Waals surface area contributed by atoms with Gasteiger partial charge in [0.15, 0.2) is 5.96 Å². The smallest absolute Gasteiger partial charge is 0.410 e. The van der Waals surface area contributed by atoms with Crippen LogP contribution in [-0.2, 0) is 14.3 Å². The minimum absolute atomic E-state index is 0.136. The van der Waals surface area contributed by atoms with Crippen molar-refractivity contribution in [3.05, 3.63) is 0 Å². The molecule has 2 amide bonds. The van der Waals surface area contributed by atoms with E-state index >= 15 is 0 Å². The second-order valence-electron chi connectivity index (χ2n) is 9.65. The van der Waals surface area contributed by atoms with Crippen LogP contribution in [0, 0.1) is 5.92 Å². The summed E-state index contributed by atoms with van der Waals surface area (Å²) in [5.41, 5.74) is -0.458. The monoisotopic (exact) mass is 437 g/mol. The minimum Gasteiger partial charge on any atom is -0.444 e. The number of aliphatic imine (C=N–C) groups is 1. The van der Waals surface area contributed by atoms with Crippen LogP contribution in [0.3, 0.4) is 0 Å². The van der Waals surface area contributed by atoms with E-state index in [9.17, 15) is 9.59 Å². The van der Waals surface area contributed by atoms with Crippen molar-refractivity contribution in [1.29, 1.82) is 0 Å². The number of guanidine groups is 1. The van der Waals surface area contributed by atoms with Gasteiger partial charge in [-0.25, -0.2) is 4.79 Å². The van der Waals surface area contributed by atoms with Gasteiger partial charge in [-0.15, -0.1) is 0 Å². The van der Waals surface area contributed by atoms with Crippen molar-refractivity contribution in [2.24, 2.45) is 10.9 Å². The molecular formula is C22H39N5O4. The van der Waals surface area contributed by atoms with E-state index in [1.165, 1.54) is 0 Å². The van der Waals surface area contributed by atoms with E-state index in [0.29, 0.717) is 25.6 Å². The van der Waals surface area contributed by atoms with E-state index in [-0.39, 0.29) is 18.1 Å². The molecule has 3 heterocycles. The molecule has 0 radical (unpaired) electrons. The van der Waals surface area contributed by atoms with Gasteiger partial charge in [0.25, 0.3) is 5.91 Å². The van der Waals surface area contributed by atoms with Crippen LogP contribution in [0.25, 0.3) is 0 Å². The number of nitrogens with one attached hydrogen (secondary N) is 1. The third kappa shape index (κ3) is 6.72. The molecule has 0 saturated carbocycles. The zero-order valence-electron chi connectivity index (χ0n) is 19.6. The summed E-state index contributed by atoms with van der Waals surface area (Å²) in [5.74, 6) is 1.52. The first-order valence-corrected chi connectivity index (χ1v) is 11.6. The predicted octanol–water partition coefficient (Wildman–Crippen LogP) is 1.53. The molecule has 0 aromatic heterocycles. The molecule has 1 N–H and O–H groups in total. The number of rotatable bonds is 3. The Balaban J connectivity index is 1.37. The summed E-state index contributed by atoms with van der Waals surface area (Å²) in [6.45, 7) is 11.6. The summed E-state index contributed by atoms with van der Waals surface area (Å²) >= 11 is 0. The van der Waals surface area contributed by atoms with Crippen LogP contribution < -0.4 is 5.32 Å². The van der Waals surface area contributed by atoms with E-state index in [2.05, 4.69) is 15.2 Å². The number of likely N-dealkylation sites (tertiary alicyclic amines) is 1. The van der Waals surface area contributed by atoms with Gasteiger partial charge >= 0.3 is 6.09 Å². The summed E-state index contributed by atoms with van der Waals surface area (Å²) in [7, 11) is 1.80. The molecule has 0 aliphatic carbocycles. The number of ether oxygens (including phenoxy) is 2. The minimum atomic E-state index is -0.458. The maximum absolute atomic E-state index is 12.5. The Labute approximate surface area is 186 Å². The molecule has 1 atom stereocenters. The zero-order chi connectivity index (χ0) is 22.4. The summed E-state index contributed by atoms with van der Waals surface area (Å²) in [5, 5.41) is 3.50. The molecule has 0 aromatic rings. The summed E-state index contributed by atoms with van der Waals surface area (Å²) < 4.78 is 11.0. The number of nitrogens with zero attached hydrogens (tertiary/aromatic N) is 4. The van der Waals surface area contributed by atoms with Crippen molar-refractivity contribution >= 4 is 18.0 Å². The van der Waals surface area contributed by atoms with Gasteiger partial charge in [0.1, 0.15) is 11.7 Å². The van der Waals surface area contributed by atoms with E-state index in [1.807, 2.05) is 25.7 Å². The van der Waals surface area contributed by atoms with Gasteiger partial charge in [-0.2, -0.15) is 0 Å². The summed E-state index contributed by atoms with van der Waals surface area (Å²) in [6, 6.07) is 0. The lowest BCUT2D eigenvalue weighted by molar-refractivity contribution is -0.142. The van der Waals surface area contributed by atoms with E-state index in [4.69, 9.17) is 9.47 Å². The molecule has 176 valence electrons. The predicted molar refractivity (Wildman–Crippen MR) is 119 cm³/mol. The van der Waals surface area contributed by atoms with Crippen molar-refractivity contribution in [3.8, 4) is 0 Å². The van der Waals surface area contributed by atoms with Crippen LogP contribution >= 0.6 is 0 Å². The Morgan fingerprint density at radius 1 is 1.00 bits per heavy atom. The maximum Gasteiger partial charge on any atom is 0.410 e. The van der Waals surface area contributed by atoms with Gasteiger partial charge in [0.2, 0.25) is 0 Å². The molecule has 3 aliphatic heterocycles. The standard InChI is InChI=1S/C22H39N5O4/c1-22(2,3)31-21(29)27-9-7-17(8-10-27)16-24-20(23-4)26-13-11-25(12-14-26)19(28)18-6-5-15-30-18/h17-18H,5-16H2,1-4H3,(H,23,24). The van der Waals surface area contributed by atoms with E-state index in [0.717, 1.165) is 64.4 Å². The first-order chi connectivity index (χ1) is 14.8. The number of hydrogen-bond acceptors (Lipinski definition) is 5. The number of hydrogen-bond donors (Lipinski definition) is 1. The van der Waals surface area contributed by atoms with Crippen molar-refractivity contribution < 1.29 is 19.1 Å². The third-order valence-electron chi connectivity index (χ3n) is 6.12. The first-order valence-electron chi connectivity index (χ1n) is 11.6. The topological polar surface area (TPSA) is 86.7 Å². The van der Waals surface area contributed by atoms with Gasteiger partial charge in [-0.05, 0) is 52.4 Å². The number of carbonyl (C=O) groups is 2. The summed E-state index contributed by atoms with van der Waals surface area (Å²) in [6.07, 6.45) is 3.26. The highest BCUT2D eigenvalue weighted by Crippen LogP contribution is 2.20. The first kappa shape index (κ1) is 23.6. The second kappa shape index (κ2) is 10.5. The highest BCUT2D eigenvalue weighted by Gasteiger charge is 2.31. The van der Waals surface area contributed by atoms with Crippen molar-refractivity contribution in [2.75, 3.05) is 59.5 Å². The van der Waals surface area contributed by atoms with Crippen LogP contribution in [0.15, 0.2) is 4.99 Å². The van der Waals surface area contributed by atoms with Crippen LogP contribution in [0.2, 0.25) is 0 Å². The average Bonchev–Trinajstić information content (AvgIpc) is 3.28. The molecule has 0 bridgehead atoms. The van der Waals surface area contributed by atoms with Crippen LogP contribution in [0.1, 0.15) is 46.5 Å². The fourth-order valence-electron chi connectivity index (χ4n) is 4.33. The van der Waals surface area contributed by atoms with E-state index < -0.39 is 5.60 Å². The molecule has 9 heteroatoms. The molecular weight excluding hydrogens is 398 g/mol. The molecule has 0 spiro atoms. The van der Waals surface area contributed by atoms with Crippen molar-refractivity contribution in [3.63, 3.8) is 0 Å². The number of carbonyl (C=O) groups excluding carboxylic acids is 2. The Morgan fingerprint density at radius 2 is 1.65 bits per heavy atom. The Hall–Kier alpha value is -2.03. The average molecular weight is 438 g/mol. The van der Waals surface area contributed by atoms with Gasteiger partial charge in [0.05, 0.1) is 0 Å². The second-order valence-corrected chi connectivity index (χ2v) is 9.65. The molecule has 0 aromatic carbocycles. The fourth-order valence-corrected chi connectivity index (χ4v) is 4.33. The largest absolute Gasteiger partial charge is 0.444 e. The lowest BCUT2D eigenvalue weighted by atomic mass is 9.97. The highest BCUT2D eigenvalue weighted by molar-refractivity contribution is 5.82. The number of amides is 2. The molecule has 3 fully saturated rings. The maximum atomic E-state index is 12.5. The molecule has 3 saturated heterocycles. The fraction of sp³-hybridized carbons (Fsp3) is 0.864. The molecule has 3 rings (SSSR count). The van der Waals surface area contributed by atoms with Crippen molar-refractivity contribution in [1.82, 2.24) is 20.0 Å². The molecule has 9 nitrogen and oxygen atoms in total. The Morgan fingerprint density at radius 3 is 2.19 bits per heavy atom. The molecule has 31 heavy (non-hydrogen) atoms. The SMILES string of the molecule is CN=C(NCC1CCN(C(=O)OC(C)(C)C)CC1)N1CCN(C(=O)C2CCCO2)CC1. The summed E-state index contributed by atoms with van der Waals surface area (Å²) in [4.78, 5) is 35.1. The quantitative estimate of drug-likeness (QED) is 0.532. The van der Waals surface area contributed by atoms with Crippen LogP contribution in [0.4, 0.5) is 4.79 Å².